The Morgan fingerprint density at radius 2 is 1.87 bits per heavy atom. The third-order valence-electron chi connectivity index (χ3n) is 2.34. The summed E-state index contributed by atoms with van der Waals surface area (Å²) >= 11 is 0. The standard InChI is InChI=1S/C10H14F2N2O/c1-4-10(2,3)8-13-5-7(6-14-8)15-9(11)12/h5-6,9H,4H2,1-3H3. The molecule has 1 aromatic heterocycles. The predicted molar refractivity (Wildman–Crippen MR) is 52.0 cm³/mol. The maximum absolute atomic E-state index is 11.8. The average molecular weight is 216 g/mol. The molecule has 0 atom stereocenters. The van der Waals surface area contributed by atoms with Gasteiger partial charge >= 0.3 is 6.61 Å². The Morgan fingerprint density at radius 3 is 2.27 bits per heavy atom. The van der Waals surface area contributed by atoms with Gasteiger partial charge in [0, 0.05) is 5.41 Å². The van der Waals surface area contributed by atoms with Crippen LogP contribution < -0.4 is 4.74 Å². The molecule has 0 fully saturated rings. The highest BCUT2D eigenvalue weighted by Crippen LogP contribution is 2.23. The van der Waals surface area contributed by atoms with E-state index in [-0.39, 0.29) is 11.2 Å². The lowest BCUT2D eigenvalue weighted by atomic mass is 9.89. The Balaban J connectivity index is 2.81. The maximum atomic E-state index is 11.8. The monoisotopic (exact) mass is 216 g/mol. The summed E-state index contributed by atoms with van der Waals surface area (Å²) in [7, 11) is 0. The summed E-state index contributed by atoms with van der Waals surface area (Å²) in [6, 6.07) is 0. The number of nitrogens with zero attached hydrogens (tertiary/aromatic N) is 2. The number of hydrogen-bond acceptors (Lipinski definition) is 3. The van der Waals surface area contributed by atoms with Crippen LogP contribution in [0.25, 0.3) is 0 Å². The lowest BCUT2D eigenvalue weighted by Crippen LogP contribution is -2.19. The van der Waals surface area contributed by atoms with Gasteiger partial charge in [-0.1, -0.05) is 20.8 Å². The van der Waals surface area contributed by atoms with Gasteiger partial charge in [-0.3, -0.25) is 0 Å². The number of alkyl halides is 2. The molecule has 0 amide bonds. The number of ether oxygens (including phenoxy) is 1. The highest BCUT2D eigenvalue weighted by Gasteiger charge is 2.21. The second-order valence-electron chi connectivity index (χ2n) is 3.86. The number of hydrogen-bond donors (Lipinski definition) is 0. The van der Waals surface area contributed by atoms with Gasteiger partial charge in [0.25, 0.3) is 0 Å². The van der Waals surface area contributed by atoms with Crippen LogP contribution in [0.3, 0.4) is 0 Å². The summed E-state index contributed by atoms with van der Waals surface area (Å²) in [4.78, 5) is 8.01. The van der Waals surface area contributed by atoms with E-state index < -0.39 is 6.61 Å². The second-order valence-corrected chi connectivity index (χ2v) is 3.86. The smallest absolute Gasteiger partial charge is 0.387 e. The fourth-order valence-corrected chi connectivity index (χ4v) is 0.988. The molecule has 0 aliphatic heterocycles. The molecule has 1 heterocycles. The van der Waals surface area contributed by atoms with Gasteiger partial charge < -0.3 is 4.74 Å². The van der Waals surface area contributed by atoms with Crippen LogP contribution in [0.4, 0.5) is 8.78 Å². The van der Waals surface area contributed by atoms with Crippen LogP contribution in [0, 0.1) is 0 Å². The largest absolute Gasteiger partial charge is 0.432 e. The molecule has 0 N–H and O–H groups in total. The fourth-order valence-electron chi connectivity index (χ4n) is 0.988. The van der Waals surface area contributed by atoms with Crippen molar-refractivity contribution in [3.05, 3.63) is 18.2 Å². The zero-order valence-electron chi connectivity index (χ0n) is 9.00. The molecular weight excluding hydrogens is 202 g/mol. The van der Waals surface area contributed by atoms with Gasteiger partial charge in [-0.2, -0.15) is 8.78 Å². The first-order valence-electron chi connectivity index (χ1n) is 4.73. The van der Waals surface area contributed by atoms with Crippen LogP contribution in [0.2, 0.25) is 0 Å². The molecule has 84 valence electrons. The van der Waals surface area contributed by atoms with E-state index in [4.69, 9.17) is 0 Å². The molecule has 0 aromatic carbocycles. The predicted octanol–water partition coefficient (Wildman–Crippen LogP) is 2.77. The van der Waals surface area contributed by atoms with E-state index in [1.165, 1.54) is 12.4 Å². The molecular formula is C10H14F2N2O. The molecule has 0 spiro atoms. The van der Waals surface area contributed by atoms with E-state index in [0.29, 0.717) is 5.82 Å². The highest BCUT2D eigenvalue weighted by atomic mass is 19.3. The van der Waals surface area contributed by atoms with Crippen LogP contribution in [0.5, 0.6) is 5.75 Å². The number of aromatic nitrogens is 2. The minimum atomic E-state index is -2.83. The molecule has 0 aliphatic carbocycles. The van der Waals surface area contributed by atoms with E-state index >= 15 is 0 Å². The summed E-state index contributed by atoms with van der Waals surface area (Å²) < 4.78 is 27.8. The van der Waals surface area contributed by atoms with Crippen LogP contribution >= 0.6 is 0 Å². The zero-order valence-corrected chi connectivity index (χ0v) is 9.00. The Bertz CT molecular complexity index is 312. The van der Waals surface area contributed by atoms with Crippen molar-refractivity contribution in [3.8, 4) is 5.75 Å². The van der Waals surface area contributed by atoms with Gasteiger partial charge in [0.05, 0.1) is 12.4 Å². The van der Waals surface area contributed by atoms with Gasteiger partial charge in [-0.25, -0.2) is 9.97 Å². The van der Waals surface area contributed by atoms with E-state index in [9.17, 15) is 8.78 Å². The van der Waals surface area contributed by atoms with Gasteiger partial charge in [-0.05, 0) is 6.42 Å². The molecule has 0 bridgehead atoms. The summed E-state index contributed by atoms with van der Waals surface area (Å²) in [5, 5.41) is 0. The fraction of sp³-hybridized carbons (Fsp3) is 0.600. The van der Waals surface area contributed by atoms with Gasteiger partial charge in [0.2, 0.25) is 0 Å². The Morgan fingerprint density at radius 1 is 1.33 bits per heavy atom. The lowest BCUT2D eigenvalue weighted by Gasteiger charge is -2.20. The molecule has 5 heteroatoms. The molecule has 15 heavy (non-hydrogen) atoms. The van der Waals surface area contributed by atoms with Gasteiger partial charge in [0.15, 0.2) is 5.75 Å². The lowest BCUT2D eigenvalue weighted by molar-refractivity contribution is -0.0503. The van der Waals surface area contributed by atoms with Crippen molar-refractivity contribution in [3.63, 3.8) is 0 Å². The first-order chi connectivity index (χ1) is 6.95. The average Bonchev–Trinajstić information content (AvgIpc) is 2.18. The minimum Gasteiger partial charge on any atom is -0.432 e. The summed E-state index contributed by atoms with van der Waals surface area (Å²) in [6.07, 6.45) is 3.42. The molecule has 0 aliphatic rings. The Kier molecular flexibility index (Phi) is 3.55. The van der Waals surface area contributed by atoms with Crippen LogP contribution in [-0.2, 0) is 5.41 Å². The van der Waals surface area contributed by atoms with Crippen molar-refractivity contribution >= 4 is 0 Å². The maximum Gasteiger partial charge on any atom is 0.387 e. The SMILES string of the molecule is CCC(C)(C)c1ncc(OC(F)F)cn1. The first kappa shape index (κ1) is 11.8. The normalized spacial score (nSPS) is 11.9. The van der Waals surface area contributed by atoms with Crippen molar-refractivity contribution in [2.75, 3.05) is 0 Å². The molecule has 3 nitrogen and oxygen atoms in total. The van der Waals surface area contributed by atoms with Crippen LogP contribution in [0.1, 0.15) is 33.0 Å². The summed E-state index contributed by atoms with van der Waals surface area (Å²) in [5.74, 6) is 0.618. The summed E-state index contributed by atoms with van der Waals surface area (Å²) in [6.45, 7) is 3.18. The van der Waals surface area contributed by atoms with Crippen molar-refractivity contribution in [2.24, 2.45) is 0 Å². The topological polar surface area (TPSA) is 35.0 Å². The Labute approximate surface area is 87.5 Å². The second kappa shape index (κ2) is 4.51. The molecule has 0 unspecified atom stereocenters. The van der Waals surface area contributed by atoms with Gasteiger partial charge in [-0.15, -0.1) is 0 Å². The highest BCUT2D eigenvalue weighted by molar-refractivity contribution is 5.15. The van der Waals surface area contributed by atoms with Crippen LogP contribution in [-0.4, -0.2) is 16.6 Å². The summed E-state index contributed by atoms with van der Waals surface area (Å²) in [5.41, 5.74) is -0.149. The van der Waals surface area contributed by atoms with E-state index in [2.05, 4.69) is 14.7 Å². The van der Waals surface area contributed by atoms with Crippen molar-refractivity contribution in [1.29, 1.82) is 0 Å². The van der Waals surface area contributed by atoms with Crippen LogP contribution in [0.15, 0.2) is 12.4 Å². The van der Waals surface area contributed by atoms with E-state index in [1.807, 2.05) is 20.8 Å². The van der Waals surface area contributed by atoms with Gasteiger partial charge in [0.1, 0.15) is 5.82 Å². The van der Waals surface area contributed by atoms with Crippen molar-refractivity contribution < 1.29 is 13.5 Å². The molecule has 0 radical (unpaired) electrons. The van der Waals surface area contributed by atoms with E-state index in [0.717, 1.165) is 6.42 Å². The minimum absolute atomic E-state index is 0.0133. The molecule has 1 aromatic rings. The first-order valence-corrected chi connectivity index (χ1v) is 4.73. The number of halogens is 2. The van der Waals surface area contributed by atoms with Crippen molar-refractivity contribution in [2.45, 2.75) is 39.2 Å². The zero-order chi connectivity index (χ0) is 11.5. The van der Waals surface area contributed by atoms with Crippen molar-refractivity contribution in [1.82, 2.24) is 9.97 Å². The quantitative estimate of drug-likeness (QED) is 0.776. The number of rotatable bonds is 4. The molecule has 0 saturated carbocycles. The van der Waals surface area contributed by atoms with E-state index in [1.54, 1.807) is 0 Å². The molecule has 1 rings (SSSR count). The molecule has 0 saturated heterocycles. The third-order valence-corrected chi connectivity index (χ3v) is 2.34. The Hall–Kier alpha value is -1.26. The third kappa shape index (κ3) is 3.11.